The fourth-order valence-corrected chi connectivity index (χ4v) is 1.87. The Balaban J connectivity index is 1.98. The Morgan fingerprint density at radius 1 is 1.47 bits per heavy atom. The normalized spacial score (nSPS) is 17.1. The number of rotatable bonds is 2. The van der Waals surface area contributed by atoms with Crippen LogP contribution in [0.2, 0.25) is 0 Å². The number of hydrogen-bond donors (Lipinski definition) is 1. The number of aromatic nitrogens is 2. The zero-order chi connectivity index (χ0) is 12.3. The van der Waals surface area contributed by atoms with Crippen molar-refractivity contribution in [3.8, 4) is 0 Å². The van der Waals surface area contributed by atoms with Gasteiger partial charge in [-0.3, -0.25) is 9.36 Å². The lowest BCUT2D eigenvalue weighted by Crippen LogP contribution is -2.42. The van der Waals surface area contributed by atoms with Crippen molar-refractivity contribution in [3.63, 3.8) is 0 Å². The number of aliphatic hydroxyl groups is 1. The molecule has 6 heteroatoms. The van der Waals surface area contributed by atoms with Gasteiger partial charge in [-0.15, -0.1) is 0 Å². The van der Waals surface area contributed by atoms with E-state index in [4.69, 9.17) is 0 Å². The third-order valence-corrected chi connectivity index (χ3v) is 2.91. The van der Waals surface area contributed by atoms with Crippen molar-refractivity contribution >= 4 is 5.91 Å². The number of carbonyl (C=O) groups is 1. The zero-order valence-electron chi connectivity index (χ0n) is 9.45. The molecule has 92 valence electrons. The highest BCUT2D eigenvalue weighted by Gasteiger charge is 2.21. The highest BCUT2D eigenvalue weighted by atomic mass is 16.3. The molecule has 17 heavy (non-hydrogen) atoms. The summed E-state index contributed by atoms with van der Waals surface area (Å²) in [6.07, 6.45) is 3.86. The van der Waals surface area contributed by atoms with Crippen LogP contribution in [-0.4, -0.2) is 44.7 Å². The van der Waals surface area contributed by atoms with Gasteiger partial charge in [0.25, 0.3) is 0 Å². The lowest BCUT2D eigenvalue weighted by molar-refractivity contribution is -0.133. The van der Waals surface area contributed by atoms with Crippen LogP contribution in [0.15, 0.2) is 23.3 Å². The molecule has 0 aliphatic carbocycles. The van der Waals surface area contributed by atoms with Crippen molar-refractivity contribution in [3.05, 3.63) is 28.9 Å². The van der Waals surface area contributed by atoms with Crippen molar-refractivity contribution in [2.24, 2.45) is 0 Å². The van der Waals surface area contributed by atoms with E-state index in [2.05, 4.69) is 4.98 Å². The molecule has 1 N–H and O–H groups in total. The number of piperidine rings is 1. The van der Waals surface area contributed by atoms with Gasteiger partial charge in [0, 0.05) is 25.5 Å². The molecule has 0 unspecified atom stereocenters. The Morgan fingerprint density at radius 2 is 2.18 bits per heavy atom. The van der Waals surface area contributed by atoms with Gasteiger partial charge in [0.2, 0.25) is 5.91 Å². The molecule has 2 heterocycles. The van der Waals surface area contributed by atoms with Crippen LogP contribution >= 0.6 is 0 Å². The summed E-state index contributed by atoms with van der Waals surface area (Å²) in [5.74, 6) is -0.105. The number of nitrogens with zero attached hydrogens (tertiary/aromatic N) is 3. The molecule has 1 fully saturated rings. The van der Waals surface area contributed by atoms with E-state index in [0.29, 0.717) is 25.9 Å². The van der Waals surface area contributed by atoms with Crippen LogP contribution in [0.1, 0.15) is 12.8 Å². The summed E-state index contributed by atoms with van der Waals surface area (Å²) in [6, 6.07) is 1.62. The second-order valence-electron chi connectivity index (χ2n) is 4.14. The second-order valence-corrected chi connectivity index (χ2v) is 4.14. The predicted octanol–water partition coefficient (Wildman–Crippen LogP) is -0.773. The number of hydrogen-bond acceptors (Lipinski definition) is 4. The smallest absolute Gasteiger partial charge is 0.347 e. The van der Waals surface area contributed by atoms with Crippen LogP contribution in [0.25, 0.3) is 0 Å². The molecule has 0 radical (unpaired) electrons. The molecule has 1 aromatic rings. The maximum atomic E-state index is 11.9. The summed E-state index contributed by atoms with van der Waals surface area (Å²) in [4.78, 5) is 28.5. The average molecular weight is 237 g/mol. The zero-order valence-corrected chi connectivity index (χ0v) is 9.45. The molecular weight excluding hydrogens is 222 g/mol. The first kappa shape index (κ1) is 11.8. The standard InChI is InChI=1S/C11H15N3O3/c15-9-2-6-13(7-3-9)10(16)8-14-5-1-4-12-11(14)17/h1,4-5,9,15H,2-3,6-8H2. The SMILES string of the molecule is O=C(Cn1cccnc1=O)N1CCC(O)CC1. The minimum atomic E-state index is -0.419. The van der Waals surface area contributed by atoms with Gasteiger partial charge in [-0.25, -0.2) is 9.78 Å². The lowest BCUT2D eigenvalue weighted by Gasteiger charge is -2.29. The molecule has 2 rings (SSSR count). The van der Waals surface area contributed by atoms with Gasteiger partial charge in [0.15, 0.2) is 0 Å². The minimum absolute atomic E-state index is 0.0166. The van der Waals surface area contributed by atoms with Crippen molar-refractivity contribution in [2.75, 3.05) is 13.1 Å². The van der Waals surface area contributed by atoms with Crippen LogP contribution < -0.4 is 5.69 Å². The summed E-state index contributed by atoms with van der Waals surface area (Å²) in [5, 5.41) is 9.34. The summed E-state index contributed by atoms with van der Waals surface area (Å²) >= 11 is 0. The summed E-state index contributed by atoms with van der Waals surface area (Å²) < 4.78 is 1.29. The first-order valence-corrected chi connectivity index (χ1v) is 5.64. The van der Waals surface area contributed by atoms with E-state index in [1.54, 1.807) is 17.2 Å². The maximum absolute atomic E-state index is 11.9. The Bertz CT molecular complexity index is 449. The van der Waals surface area contributed by atoms with Crippen LogP contribution in [-0.2, 0) is 11.3 Å². The average Bonchev–Trinajstić information content (AvgIpc) is 2.33. The highest BCUT2D eigenvalue weighted by Crippen LogP contribution is 2.10. The van der Waals surface area contributed by atoms with Gasteiger partial charge in [-0.05, 0) is 18.9 Å². The number of likely N-dealkylation sites (tertiary alicyclic amines) is 1. The van der Waals surface area contributed by atoms with Gasteiger partial charge >= 0.3 is 5.69 Å². The van der Waals surface area contributed by atoms with Gasteiger partial charge in [-0.2, -0.15) is 0 Å². The minimum Gasteiger partial charge on any atom is -0.393 e. The molecule has 0 saturated carbocycles. The molecule has 1 amide bonds. The van der Waals surface area contributed by atoms with Crippen LogP contribution in [0, 0.1) is 0 Å². The second kappa shape index (κ2) is 5.09. The number of aliphatic hydroxyl groups excluding tert-OH is 1. The van der Waals surface area contributed by atoms with E-state index >= 15 is 0 Å². The molecule has 0 atom stereocenters. The molecule has 6 nitrogen and oxygen atoms in total. The third-order valence-electron chi connectivity index (χ3n) is 2.91. The van der Waals surface area contributed by atoms with Gasteiger partial charge in [-0.1, -0.05) is 0 Å². The summed E-state index contributed by atoms with van der Waals surface area (Å²) in [6.45, 7) is 1.12. The Morgan fingerprint density at radius 3 is 2.82 bits per heavy atom. The quantitative estimate of drug-likeness (QED) is 0.732. The molecule has 0 aromatic carbocycles. The van der Waals surface area contributed by atoms with E-state index in [1.165, 1.54) is 10.8 Å². The van der Waals surface area contributed by atoms with E-state index in [1.807, 2.05) is 0 Å². The van der Waals surface area contributed by atoms with E-state index < -0.39 is 5.69 Å². The first-order valence-electron chi connectivity index (χ1n) is 5.64. The van der Waals surface area contributed by atoms with Crippen LogP contribution in [0.4, 0.5) is 0 Å². The Labute approximate surface area is 98.5 Å². The van der Waals surface area contributed by atoms with Crippen LogP contribution in [0.5, 0.6) is 0 Å². The largest absolute Gasteiger partial charge is 0.393 e. The number of amides is 1. The highest BCUT2D eigenvalue weighted by molar-refractivity contribution is 5.76. The van der Waals surface area contributed by atoms with Gasteiger partial charge in [0.05, 0.1) is 6.10 Å². The molecule has 1 aliphatic heterocycles. The van der Waals surface area contributed by atoms with E-state index in [9.17, 15) is 14.7 Å². The molecule has 1 aromatic heterocycles. The van der Waals surface area contributed by atoms with Crippen LogP contribution in [0.3, 0.4) is 0 Å². The van der Waals surface area contributed by atoms with Gasteiger partial charge < -0.3 is 10.0 Å². The van der Waals surface area contributed by atoms with Crippen molar-refractivity contribution in [1.82, 2.24) is 14.5 Å². The van der Waals surface area contributed by atoms with E-state index in [-0.39, 0.29) is 18.6 Å². The predicted molar refractivity (Wildman–Crippen MR) is 60.3 cm³/mol. The van der Waals surface area contributed by atoms with Crippen molar-refractivity contribution < 1.29 is 9.90 Å². The third kappa shape index (κ3) is 2.91. The molecule has 1 aliphatic rings. The molecule has 1 saturated heterocycles. The number of carbonyl (C=O) groups excluding carboxylic acids is 1. The fraction of sp³-hybridized carbons (Fsp3) is 0.545. The molecule has 0 bridgehead atoms. The summed E-state index contributed by atoms with van der Waals surface area (Å²) in [5.41, 5.74) is -0.419. The maximum Gasteiger partial charge on any atom is 0.347 e. The summed E-state index contributed by atoms with van der Waals surface area (Å²) in [7, 11) is 0. The fourth-order valence-electron chi connectivity index (χ4n) is 1.87. The first-order chi connectivity index (χ1) is 8.16. The van der Waals surface area contributed by atoms with Crippen molar-refractivity contribution in [1.29, 1.82) is 0 Å². The molecule has 0 spiro atoms. The molecular formula is C11H15N3O3. The van der Waals surface area contributed by atoms with E-state index in [0.717, 1.165) is 0 Å². The Hall–Kier alpha value is -1.69. The topological polar surface area (TPSA) is 75.4 Å². The monoisotopic (exact) mass is 237 g/mol. The van der Waals surface area contributed by atoms with Crippen molar-refractivity contribution in [2.45, 2.75) is 25.5 Å². The van der Waals surface area contributed by atoms with Gasteiger partial charge in [0.1, 0.15) is 6.54 Å². The lowest BCUT2D eigenvalue weighted by atomic mass is 10.1. The Kier molecular flexibility index (Phi) is 3.53.